The van der Waals surface area contributed by atoms with Gasteiger partial charge in [0.2, 0.25) is 5.91 Å². The average molecular weight is 555 g/mol. The quantitative estimate of drug-likeness (QED) is 0.416. The summed E-state index contributed by atoms with van der Waals surface area (Å²) < 4.78 is 48.2. The molecule has 1 saturated heterocycles. The third-order valence-corrected chi connectivity index (χ3v) is 8.80. The first-order valence-corrected chi connectivity index (χ1v) is 13.1. The lowest BCUT2D eigenvalue weighted by Crippen LogP contribution is -2.76. The summed E-state index contributed by atoms with van der Waals surface area (Å²) in [5, 5.41) is 23.1. The van der Waals surface area contributed by atoms with Crippen LogP contribution in [0.1, 0.15) is 23.1 Å². The monoisotopic (exact) mass is 554 g/mol. The summed E-state index contributed by atoms with van der Waals surface area (Å²) in [6, 6.07) is 8.01. The number of benzene rings is 2. The minimum atomic E-state index is -4.82. The third kappa shape index (κ3) is 3.84. The number of phenolic OH excluding ortho intramolecular Hbond substituents is 1. The Hall–Kier alpha value is -3.76. The second-order valence-corrected chi connectivity index (χ2v) is 10.8. The van der Waals surface area contributed by atoms with Gasteiger partial charge in [0.25, 0.3) is 0 Å². The molecule has 0 saturated carbocycles. The summed E-state index contributed by atoms with van der Waals surface area (Å²) in [5.41, 5.74) is 0.00158. The summed E-state index contributed by atoms with van der Waals surface area (Å²) in [5.74, 6) is -0.445. The van der Waals surface area contributed by atoms with Gasteiger partial charge in [-0.2, -0.15) is 0 Å². The van der Waals surface area contributed by atoms with Gasteiger partial charge in [-0.3, -0.25) is 9.69 Å². The van der Waals surface area contributed by atoms with Gasteiger partial charge in [0.05, 0.1) is 11.5 Å². The van der Waals surface area contributed by atoms with Crippen LogP contribution in [-0.2, 0) is 16.6 Å². The molecule has 0 unspecified atom stereocenters. The highest BCUT2D eigenvalue weighted by Gasteiger charge is 2.72. The molecule has 0 aromatic heterocycles. The number of aromatic hydroxyl groups is 1. The summed E-state index contributed by atoms with van der Waals surface area (Å²) in [7, 11) is 1.62. The maximum atomic E-state index is 13.3. The van der Waals surface area contributed by atoms with Crippen molar-refractivity contribution in [3.63, 3.8) is 0 Å². The number of carbonyl (C=O) groups excluding carboxylic acids is 1. The van der Waals surface area contributed by atoms with Gasteiger partial charge in [-0.1, -0.05) is 36.4 Å². The van der Waals surface area contributed by atoms with E-state index in [0.29, 0.717) is 37.2 Å². The van der Waals surface area contributed by atoms with Crippen molar-refractivity contribution in [2.45, 2.75) is 48.4 Å². The van der Waals surface area contributed by atoms with E-state index >= 15 is 0 Å². The lowest BCUT2D eigenvalue weighted by atomic mass is 9.50. The normalized spacial score (nSPS) is 30.1. The molecule has 1 spiro atoms. The molecule has 0 radical (unpaired) electrons. The fourth-order valence-corrected chi connectivity index (χ4v) is 7.13. The summed E-state index contributed by atoms with van der Waals surface area (Å²) in [6.07, 6.45) is 3.73. The number of nitrogens with zero attached hydrogens (tertiary/aromatic N) is 2. The van der Waals surface area contributed by atoms with Crippen LogP contribution in [0.15, 0.2) is 67.3 Å². The van der Waals surface area contributed by atoms with Gasteiger partial charge >= 0.3 is 6.36 Å². The van der Waals surface area contributed by atoms with E-state index < -0.39 is 35.4 Å². The van der Waals surface area contributed by atoms with Crippen LogP contribution in [0.4, 0.5) is 13.2 Å². The van der Waals surface area contributed by atoms with Gasteiger partial charge in [-0.15, -0.1) is 19.8 Å². The number of aliphatic hydroxyl groups is 1. The van der Waals surface area contributed by atoms with Crippen LogP contribution in [0.5, 0.6) is 17.2 Å². The Morgan fingerprint density at radius 3 is 2.88 bits per heavy atom. The number of phenols is 1. The van der Waals surface area contributed by atoms with E-state index in [9.17, 15) is 28.2 Å². The van der Waals surface area contributed by atoms with Crippen LogP contribution in [0.25, 0.3) is 6.08 Å². The van der Waals surface area contributed by atoms with Gasteiger partial charge in [0.1, 0.15) is 17.5 Å². The van der Waals surface area contributed by atoms with E-state index in [1.807, 2.05) is 12.1 Å². The van der Waals surface area contributed by atoms with Crippen LogP contribution >= 0.6 is 0 Å². The minimum Gasteiger partial charge on any atom is -0.504 e. The van der Waals surface area contributed by atoms with Gasteiger partial charge in [-0.25, -0.2) is 0 Å². The van der Waals surface area contributed by atoms with Crippen LogP contribution < -0.4 is 9.47 Å². The van der Waals surface area contributed by atoms with Crippen molar-refractivity contribution < 1.29 is 37.7 Å². The molecular weight excluding hydrogens is 525 g/mol. The van der Waals surface area contributed by atoms with Crippen molar-refractivity contribution >= 4 is 12.0 Å². The lowest BCUT2D eigenvalue weighted by molar-refractivity contribution is -0.274. The number of carbonyl (C=O) groups is 1. The highest BCUT2D eigenvalue weighted by atomic mass is 19.4. The molecule has 1 fully saturated rings. The Bertz CT molecular complexity index is 1440. The molecule has 2 aliphatic heterocycles. The van der Waals surface area contributed by atoms with E-state index in [4.69, 9.17) is 4.74 Å². The van der Waals surface area contributed by atoms with Crippen molar-refractivity contribution in [2.75, 3.05) is 20.1 Å². The Labute approximate surface area is 229 Å². The Kier molecular flexibility index (Phi) is 6.05. The van der Waals surface area contributed by atoms with Gasteiger partial charge in [-0.05, 0) is 48.2 Å². The number of piperidine rings is 1. The number of likely N-dealkylation sites (N-methyl/N-ethyl adjacent to an activating group) is 1. The molecule has 2 aliphatic carbocycles. The zero-order chi connectivity index (χ0) is 28.4. The first-order valence-electron chi connectivity index (χ1n) is 13.1. The van der Waals surface area contributed by atoms with Crippen LogP contribution in [0, 0.1) is 0 Å². The van der Waals surface area contributed by atoms with E-state index in [2.05, 4.69) is 16.2 Å². The second kappa shape index (κ2) is 9.14. The Balaban J connectivity index is 1.33. The molecule has 2 aromatic carbocycles. The molecule has 10 heteroatoms. The Morgan fingerprint density at radius 2 is 2.12 bits per heavy atom. The standard InChI is InChI=1S/C30H29F3N2O5/c1-3-14-35-15-13-28-25-19-8-9-22(36)26(25)39-27(28)21(11-12-29(28,38)23(35)17-19)34(2)24(37)10-7-18-5-4-6-20(16-18)40-30(31,32)33/h3-12,16,21,23,27,36,38H,1,13-15,17H2,2H3/t21-,23+,27-,28-,29+/m0/s1. The van der Waals surface area contributed by atoms with Crippen molar-refractivity contribution in [3.8, 4) is 17.2 Å². The van der Waals surface area contributed by atoms with E-state index in [1.54, 1.807) is 31.3 Å². The fraction of sp³-hybridized carbons (Fsp3) is 0.367. The number of likely N-dealkylation sites (tertiary alicyclic amines) is 1. The molecule has 2 heterocycles. The SMILES string of the molecule is C=CCN1CC[C@]23c4c5ccc(O)c4O[C@H]2[C@@H](N(C)C(=O)C=Cc2cccc(OC(F)(F)F)c2)C=C[C@@]3(O)[C@H]1C5. The molecule has 5 atom stereocenters. The summed E-state index contributed by atoms with van der Waals surface area (Å²) in [4.78, 5) is 17.0. The number of alkyl halides is 3. The maximum absolute atomic E-state index is 13.3. The van der Waals surface area contributed by atoms with Crippen molar-refractivity contribution in [2.24, 2.45) is 0 Å². The number of hydrogen-bond acceptors (Lipinski definition) is 6. The number of hydrogen-bond donors (Lipinski definition) is 2. The van der Waals surface area contributed by atoms with Crippen LogP contribution in [0.2, 0.25) is 0 Å². The number of rotatable bonds is 6. The zero-order valence-corrected chi connectivity index (χ0v) is 21.8. The predicted molar refractivity (Wildman–Crippen MR) is 141 cm³/mol. The van der Waals surface area contributed by atoms with Crippen LogP contribution in [-0.4, -0.2) is 76.2 Å². The van der Waals surface area contributed by atoms with Crippen LogP contribution in [0.3, 0.4) is 0 Å². The Morgan fingerprint density at radius 1 is 1.32 bits per heavy atom. The molecule has 1 amide bonds. The molecule has 40 heavy (non-hydrogen) atoms. The highest BCUT2D eigenvalue weighted by Crippen LogP contribution is 2.64. The first-order chi connectivity index (χ1) is 19.0. The smallest absolute Gasteiger partial charge is 0.504 e. The zero-order valence-electron chi connectivity index (χ0n) is 21.8. The van der Waals surface area contributed by atoms with Gasteiger partial charge in [0, 0.05) is 37.8 Å². The second-order valence-electron chi connectivity index (χ2n) is 10.8. The van der Waals surface area contributed by atoms with Gasteiger partial charge < -0.3 is 24.6 Å². The van der Waals surface area contributed by atoms with E-state index in [-0.39, 0.29) is 17.5 Å². The highest BCUT2D eigenvalue weighted by molar-refractivity contribution is 5.92. The molecule has 210 valence electrons. The molecule has 2 N–H and O–H groups in total. The molecule has 2 bridgehead atoms. The van der Waals surface area contributed by atoms with Crippen molar-refractivity contribution in [1.82, 2.24) is 9.80 Å². The van der Waals surface area contributed by atoms with Crippen molar-refractivity contribution in [1.29, 1.82) is 0 Å². The maximum Gasteiger partial charge on any atom is 0.573 e. The molecule has 6 rings (SSSR count). The number of ether oxygens (including phenoxy) is 2. The van der Waals surface area contributed by atoms with E-state index in [0.717, 1.165) is 11.1 Å². The summed E-state index contributed by atoms with van der Waals surface area (Å²) >= 11 is 0. The fourth-order valence-electron chi connectivity index (χ4n) is 7.13. The molecule has 2 aromatic rings. The first kappa shape index (κ1) is 26.5. The average Bonchev–Trinajstić information content (AvgIpc) is 3.25. The largest absolute Gasteiger partial charge is 0.573 e. The number of amides is 1. The molecule has 7 nitrogen and oxygen atoms in total. The molecular formula is C30H29F3N2O5. The minimum absolute atomic E-state index is 0.00886. The van der Waals surface area contributed by atoms with E-state index in [1.165, 1.54) is 35.3 Å². The molecule has 4 aliphatic rings. The van der Waals surface area contributed by atoms with Crippen molar-refractivity contribution in [3.05, 3.63) is 84.0 Å². The lowest BCUT2D eigenvalue weighted by Gasteiger charge is -2.62. The van der Waals surface area contributed by atoms with Gasteiger partial charge in [0.15, 0.2) is 11.5 Å². The third-order valence-electron chi connectivity index (χ3n) is 8.80. The predicted octanol–water partition coefficient (Wildman–Crippen LogP) is 3.95. The topological polar surface area (TPSA) is 82.5 Å². The number of halogens is 3. The summed E-state index contributed by atoms with van der Waals surface area (Å²) in [6.45, 7) is 5.17.